The number of H-pyrrole nitrogens is 1. The Balaban J connectivity index is 2.06. The van der Waals surface area contributed by atoms with Gasteiger partial charge in [-0.25, -0.2) is 4.98 Å². The molecule has 0 aliphatic rings. The summed E-state index contributed by atoms with van der Waals surface area (Å²) in [5.41, 5.74) is 1.55. The average Bonchev–Trinajstić information content (AvgIpc) is 2.76. The van der Waals surface area contributed by atoms with Gasteiger partial charge in [-0.3, -0.25) is 13.8 Å². The Morgan fingerprint density at radius 2 is 2.00 bits per heavy atom. The van der Waals surface area contributed by atoms with E-state index in [-0.39, 0.29) is 10.8 Å². The average molecular weight is 292 g/mol. The number of hydrogen-bond acceptors (Lipinski definition) is 3. The molecular weight excluding hydrogens is 282 g/mol. The lowest BCUT2D eigenvalue weighted by Gasteiger charge is -2.04. The third-order valence-electron chi connectivity index (χ3n) is 2.72. The molecule has 0 atom stereocenters. The Bertz CT molecular complexity index is 792. The van der Waals surface area contributed by atoms with Gasteiger partial charge in [-0.1, -0.05) is 17.7 Å². The van der Waals surface area contributed by atoms with Crippen LogP contribution < -0.4 is 5.56 Å². The number of fused-ring (bicyclic) bond motifs is 1. The smallest absolute Gasteiger partial charge is 0.261 e. The van der Waals surface area contributed by atoms with E-state index < -0.39 is 0 Å². The number of aromatic amines is 1. The van der Waals surface area contributed by atoms with E-state index >= 15 is 0 Å². The first-order chi connectivity index (χ1) is 9.13. The van der Waals surface area contributed by atoms with Crippen molar-refractivity contribution in [2.75, 3.05) is 0 Å². The van der Waals surface area contributed by atoms with Crippen molar-refractivity contribution in [2.45, 2.75) is 11.8 Å². The molecule has 0 fully saturated rings. The van der Waals surface area contributed by atoms with E-state index in [1.54, 1.807) is 6.07 Å². The first-order valence-corrected chi connectivity index (χ1v) is 6.80. The molecule has 3 rings (SSSR count). The zero-order valence-electron chi connectivity index (χ0n) is 10.1. The Labute approximate surface area is 118 Å². The van der Waals surface area contributed by atoms with Gasteiger partial charge in [0.05, 0.1) is 5.39 Å². The third-order valence-corrected chi connectivity index (χ3v) is 3.87. The van der Waals surface area contributed by atoms with Crippen molar-refractivity contribution in [3.8, 4) is 0 Å². The summed E-state index contributed by atoms with van der Waals surface area (Å²) in [7, 11) is 0. The summed E-state index contributed by atoms with van der Waals surface area (Å²) >= 11 is 7.28. The zero-order chi connectivity index (χ0) is 13.4. The molecule has 0 unspecified atom stereocenters. The number of rotatable bonds is 2. The van der Waals surface area contributed by atoms with E-state index in [4.69, 9.17) is 11.6 Å². The summed E-state index contributed by atoms with van der Waals surface area (Å²) in [6.45, 7) is 2.04. The van der Waals surface area contributed by atoms with Crippen LogP contribution in [0.5, 0.6) is 0 Å². The van der Waals surface area contributed by atoms with Crippen LogP contribution in [0, 0.1) is 6.92 Å². The number of benzene rings is 1. The topological polar surface area (TPSA) is 50.7 Å². The minimum Gasteiger partial charge on any atom is -0.297 e. The van der Waals surface area contributed by atoms with Crippen molar-refractivity contribution < 1.29 is 0 Å². The summed E-state index contributed by atoms with van der Waals surface area (Å²) in [5.74, 6) is 0. The SMILES string of the molecule is Cc1ccc(Sn2ccc3c(=O)[nH]c(Cl)nc32)cc1. The van der Waals surface area contributed by atoms with Crippen LogP contribution in [0.1, 0.15) is 5.56 Å². The predicted octanol–water partition coefficient (Wildman–Crippen LogP) is 3.24. The molecule has 2 aromatic heterocycles. The van der Waals surface area contributed by atoms with Crippen molar-refractivity contribution >= 4 is 34.6 Å². The molecule has 4 nitrogen and oxygen atoms in total. The zero-order valence-corrected chi connectivity index (χ0v) is 11.6. The first kappa shape index (κ1) is 12.3. The number of hydrogen-bond donors (Lipinski definition) is 1. The lowest BCUT2D eigenvalue weighted by atomic mass is 10.2. The summed E-state index contributed by atoms with van der Waals surface area (Å²) in [5, 5.41) is 0.631. The van der Waals surface area contributed by atoms with Crippen LogP contribution in [0.15, 0.2) is 46.2 Å². The fourth-order valence-corrected chi connectivity index (χ4v) is 2.76. The van der Waals surface area contributed by atoms with Crippen molar-refractivity contribution in [1.82, 2.24) is 13.9 Å². The van der Waals surface area contributed by atoms with Gasteiger partial charge in [-0.2, -0.15) is 0 Å². The highest BCUT2D eigenvalue weighted by atomic mass is 35.5. The predicted molar refractivity (Wildman–Crippen MR) is 77.8 cm³/mol. The summed E-state index contributed by atoms with van der Waals surface area (Å²) in [6.07, 6.45) is 1.81. The first-order valence-electron chi connectivity index (χ1n) is 5.65. The van der Waals surface area contributed by atoms with Crippen LogP contribution in [0.4, 0.5) is 0 Å². The Morgan fingerprint density at radius 3 is 2.74 bits per heavy atom. The van der Waals surface area contributed by atoms with Crippen molar-refractivity contribution in [3.63, 3.8) is 0 Å². The molecule has 3 aromatic rings. The highest BCUT2D eigenvalue weighted by Gasteiger charge is 2.08. The number of nitrogens with one attached hydrogen (secondary N) is 1. The van der Waals surface area contributed by atoms with Gasteiger partial charge in [-0.05, 0) is 48.7 Å². The van der Waals surface area contributed by atoms with Crippen molar-refractivity contribution in [2.24, 2.45) is 0 Å². The maximum atomic E-state index is 11.7. The van der Waals surface area contributed by atoms with Crippen LogP contribution in [-0.2, 0) is 0 Å². The van der Waals surface area contributed by atoms with E-state index in [1.807, 2.05) is 41.4 Å². The minimum atomic E-state index is -0.224. The maximum absolute atomic E-state index is 11.7. The van der Waals surface area contributed by atoms with Gasteiger partial charge >= 0.3 is 0 Å². The molecule has 96 valence electrons. The quantitative estimate of drug-likeness (QED) is 0.738. The molecule has 0 radical (unpaired) electrons. The second-order valence-corrected chi connectivity index (χ2v) is 5.55. The molecule has 1 N–H and O–H groups in total. The van der Waals surface area contributed by atoms with Crippen LogP contribution >= 0.6 is 23.5 Å². The fraction of sp³-hybridized carbons (Fsp3) is 0.0769. The molecular formula is C13H10ClN3OS. The molecule has 0 aliphatic heterocycles. The second-order valence-electron chi connectivity index (χ2n) is 4.14. The normalized spacial score (nSPS) is 11.1. The molecule has 0 spiro atoms. The standard InChI is InChI=1S/C13H10ClN3OS/c1-8-2-4-9(5-3-8)19-17-7-6-10-11(17)15-13(14)16-12(10)18/h2-7H,1H3,(H,15,16,18). The van der Waals surface area contributed by atoms with Gasteiger partial charge in [0.25, 0.3) is 5.56 Å². The lowest BCUT2D eigenvalue weighted by Crippen LogP contribution is -2.07. The van der Waals surface area contributed by atoms with E-state index in [2.05, 4.69) is 9.97 Å². The Hall–Kier alpha value is -1.72. The lowest BCUT2D eigenvalue weighted by molar-refractivity contribution is 1.14. The van der Waals surface area contributed by atoms with Gasteiger partial charge in [0, 0.05) is 11.1 Å². The molecule has 6 heteroatoms. The molecule has 0 amide bonds. The molecule has 1 aromatic carbocycles. The highest BCUT2D eigenvalue weighted by molar-refractivity contribution is 7.98. The molecule has 0 saturated carbocycles. The van der Waals surface area contributed by atoms with Gasteiger partial charge < -0.3 is 0 Å². The third kappa shape index (κ3) is 2.39. The fourth-order valence-electron chi connectivity index (χ4n) is 1.76. The number of aromatic nitrogens is 3. The number of halogens is 1. The number of aryl methyl sites for hydroxylation is 1. The molecule has 0 aliphatic carbocycles. The maximum Gasteiger partial charge on any atom is 0.261 e. The van der Waals surface area contributed by atoms with Crippen LogP contribution in [0.3, 0.4) is 0 Å². The van der Waals surface area contributed by atoms with E-state index in [0.29, 0.717) is 11.0 Å². The molecule has 2 heterocycles. The Kier molecular flexibility index (Phi) is 3.08. The molecule has 0 saturated heterocycles. The summed E-state index contributed by atoms with van der Waals surface area (Å²) in [4.78, 5) is 19.4. The Morgan fingerprint density at radius 1 is 1.26 bits per heavy atom. The van der Waals surface area contributed by atoms with E-state index in [1.165, 1.54) is 17.5 Å². The largest absolute Gasteiger partial charge is 0.297 e. The summed E-state index contributed by atoms with van der Waals surface area (Å²) in [6, 6.07) is 9.88. The van der Waals surface area contributed by atoms with Crippen LogP contribution in [0.2, 0.25) is 5.28 Å². The van der Waals surface area contributed by atoms with Gasteiger partial charge in [0.15, 0.2) is 5.65 Å². The minimum absolute atomic E-state index is 0.0990. The monoisotopic (exact) mass is 291 g/mol. The number of nitrogens with zero attached hydrogens (tertiary/aromatic N) is 2. The molecule has 0 bridgehead atoms. The highest BCUT2D eigenvalue weighted by Crippen LogP contribution is 2.24. The van der Waals surface area contributed by atoms with Gasteiger partial charge in [-0.15, -0.1) is 0 Å². The van der Waals surface area contributed by atoms with Crippen molar-refractivity contribution in [1.29, 1.82) is 0 Å². The molecule has 19 heavy (non-hydrogen) atoms. The van der Waals surface area contributed by atoms with Crippen LogP contribution in [0.25, 0.3) is 11.0 Å². The second kappa shape index (κ2) is 4.75. The van der Waals surface area contributed by atoms with E-state index in [9.17, 15) is 4.79 Å². The summed E-state index contributed by atoms with van der Waals surface area (Å²) < 4.78 is 1.83. The van der Waals surface area contributed by atoms with E-state index in [0.717, 1.165) is 4.90 Å². The van der Waals surface area contributed by atoms with Crippen LogP contribution in [-0.4, -0.2) is 13.9 Å². The van der Waals surface area contributed by atoms with Crippen molar-refractivity contribution in [3.05, 3.63) is 57.7 Å². The van der Waals surface area contributed by atoms with Gasteiger partial charge in [0.1, 0.15) is 0 Å². The van der Waals surface area contributed by atoms with Gasteiger partial charge in [0.2, 0.25) is 5.28 Å².